The zero-order valence-corrected chi connectivity index (χ0v) is 18.1. The van der Waals surface area contributed by atoms with Crippen molar-refractivity contribution >= 4 is 16.9 Å². The maximum absolute atomic E-state index is 12.5. The minimum atomic E-state index is -4.48. The third-order valence-corrected chi connectivity index (χ3v) is 5.33. The van der Waals surface area contributed by atoms with Crippen molar-refractivity contribution in [3.63, 3.8) is 0 Å². The van der Waals surface area contributed by atoms with Gasteiger partial charge in [-0.1, -0.05) is 54.6 Å². The molecule has 9 heteroatoms. The number of pyridine rings is 1. The zero-order chi connectivity index (χ0) is 24.0. The number of rotatable bonds is 8. The molecule has 2 aromatic carbocycles. The van der Waals surface area contributed by atoms with E-state index in [1.54, 1.807) is 12.1 Å². The van der Waals surface area contributed by atoms with Crippen LogP contribution in [0, 0.1) is 0 Å². The number of alkyl halides is 3. The number of ether oxygens (including phenoxy) is 1. The maximum atomic E-state index is 12.5. The van der Waals surface area contributed by atoms with E-state index in [-0.39, 0.29) is 18.3 Å². The molecule has 0 aliphatic carbocycles. The fourth-order valence-corrected chi connectivity index (χ4v) is 3.75. The number of halogens is 3. The highest BCUT2D eigenvalue weighted by Crippen LogP contribution is 2.30. The molecule has 0 radical (unpaired) electrons. The smallest absolute Gasteiger partial charge is 0.422 e. The molecular formula is C25H23F3N4O2. The fourth-order valence-electron chi connectivity index (χ4n) is 3.75. The standard InChI is InChI=1S/C25H23F3N4O2/c26-25(27,28)16-34-23-18(9-6-12-29-23)13-31-24(33)32-14-20(17-7-2-1-3-8-17)21-15-30-22-11-5-4-10-19(21)22/h1-12,15,20,30H,13-14,16H2,(H2,31,32,33). The summed E-state index contributed by atoms with van der Waals surface area (Å²) in [5.41, 5.74) is 3.45. The molecule has 176 valence electrons. The number of hydrogen-bond donors (Lipinski definition) is 3. The predicted octanol–water partition coefficient (Wildman–Crippen LogP) is 5.14. The van der Waals surface area contributed by atoms with E-state index in [2.05, 4.69) is 20.6 Å². The van der Waals surface area contributed by atoms with Gasteiger partial charge in [0.2, 0.25) is 5.88 Å². The lowest BCUT2D eigenvalue weighted by atomic mass is 9.91. The second-order valence-electron chi connectivity index (χ2n) is 7.69. The quantitative estimate of drug-likeness (QED) is 0.335. The Balaban J connectivity index is 1.43. The summed E-state index contributed by atoms with van der Waals surface area (Å²) in [6.45, 7) is -1.16. The summed E-state index contributed by atoms with van der Waals surface area (Å²) in [5, 5.41) is 6.61. The molecule has 4 rings (SSSR count). The van der Waals surface area contributed by atoms with Gasteiger partial charge in [0.1, 0.15) is 0 Å². The number of hydrogen-bond acceptors (Lipinski definition) is 3. The van der Waals surface area contributed by atoms with Crippen LogP contribution < -0.4 is 15.4 Å². The maximum Gasteiger partial charge on any atom is 0.422 e. The molecule has 34 heavy (non-hydrogen) atoms. The van der Waals surface area contributed by atoms with Crippen LogP contribution >= 0.6 is 0 Å². The number of aromatic amines is 1. The van der Waals surface area contributed by atoms with Gasteiger partial charge in [-0.25, -0.2) is 9.78 Å². The summed E-state index contributed by atoms with van der Waals surface area (Å²) >= 11 is 0. The van der Waals surface area contributed by atoms with Gasteiger partial charge in [-0.3, -0.25) is 0 Å². The Kier molecular flexibility index (Phi) is 7.01. The Hall–Kier alpha value is -4.01. The highest BCUT2D eigenvalue weighted by molar-refractivity contribution is 5.84. The Morgan fingerprint density at radius 1 is 1.00 bits per heavy atom. The molecule has 0 aliphatic heterocycles. The van der Waals surface area contributed by atoms with Crippen LogP contribution in [0.3, 0.4) is 0 Å². The number of nitrogens with zero attached hydrogens (tertiary/aromatic N) is 1. The summed E-state index contributed by atoms with van der Waals surface area (Å²) in [4.78, 5) is 19.7. The molecule has 2 heterocycles. The topological polar surface area (TPSA) is 79.0 Å². The molecule has 2 aromatic heterocycles. The number of para-hydroxylation sites is 1. The number of carbonyl (C=O) groups excluding carboxylic acids is 1. The summed E-state index contributed by atoms with van der Waals surface area (Å²) in [6, 6.07) is 20.5. The van der Waals surface area contributed by atoms with Gasteiger partial charge < -0.3 is 20.4 Å². The van der Waals surface area contributed by atoms with Gasteiger partial charge in [-0.05, 0) is 23.3 Å². The number of carbonyl (C=O) groups is 1. The van der Waals surface area contributed by atoms with E-state index in [0.717, 1.165) is 22.0 Å². The van der Waals surface area contributed by atoms with Crippen LogP contribution in [0.15, 0.2) is 79.1 Å². The van der Waals surface area contributed by atoms with Crippen molar-refractivity contribution in [2.45, 2.75) is 18.6 Å². The average Bonchev–Trinajstić information content (AvgIpc) is 3.26. The van der Waals surface area contributed by atoms with Crippen molar-refractivity contribution in [2.75, 3.05) is 13.2 Å². The van der Waals surface area contributed by atoms with E-state index in [9.17, 15) is 18.0 Å². The number of nitrogens with one attached hydrogen (secondary N) is 3. The summed E-state index contributed by atoms with van der Waals surface area (Å²) in [7, 11) is 0. The average molecular weight is 468 g/mol. The molecule has 0 bridgehead atoms. The first kappa shape index (κ1) is 23.2. The van der Waals surface area contributed by atoms with Crippen molar-refractivity contribution < 1.29 is 22.7 Å². The second kappa shape index (κ2) is 10.3. The molecule has 2 amide bonds. The lowest BCUT2D eigenvalue weighted by Crippen LogP contribution is -2.37. The van der Waals surface area contributed by atoms with Gasteiger partial charge in [0.15, 0.2) is 6.61 Å². The van der Waals surface area contributed by atoms with E-state index < -0.39 is 18.8 Å². The van der Waals surface area contributed by atoms with E-state index in [0.29, 0.717) is 12.1 Å². The molecule has 0 saturated carbocycles. The van der Waals surface area contributed by atoms with Crippen LogP contribution in [0.2, 0.25) is 0 Å². The van der Waals surface area contributed by atoms with Crippen molar-refractivity contribution in [3.05, 3.63) is 95.8 Å². The van der Waals surface area contributed by atoms with E-state index in [1.807, 2.05) is 60.8 Å². The third kappa shape index (κ3) is 5.86. The third-order valence-electron chi connectivity index (χ3n) is 5.33. The first-order valence-electron chi connectivity index (χ1n) is 10.7. The Morgan fingerprint density at radius 2 is 1.76 bits per heavy atom. The van der Waals surface area contributed by atoms with Crippen molar-refractivity contribution in [1.29, 1.82) is 0 Å². The number of fused-ring (bicyclic) bond motifs is 1. The highest BCUT2D eigenvalue weighted by atomic mass is 19.4. The van der Waals surface area contributed by atoms with Crippen LogP contribution in [0.1, 0.15) is 22.6 Å². The normalized spacial score (nSPS) is 12.3. The second-order valence-corrected chi connectivity index (χ2v) is 7.69. The van der Waals surface area contributed by atoms with Gasteiger partial charge in [-0.2, -0.15) is 13.2 Å². The van der Waals surface area contributed by atoms with Crippen LogP contribution in [0.4, 0.5) is 18.0 Å². The molecule has 0 fully saturated rings. The van der Waals surface area contributed by atoms with Gasteiger partial charge >= 0.3 is 12.2 Å². The number of benzene rings is 2. The van der Waals surface area contributed by atoms with Crippen LogP contribution in [0.25, 0.3) is 10.9 Å². The molecule has 3 N–H and O–H groups in total. The number of urea groups is 1. The highest BCUT2D eigenvalue weighted by Gasteiger charge is 2.29. The number of H-pyrrole nitrogens is 1. The van der Waals surface area contributed by atoms with Gasteiger partial charge in [0.25, 0.3) is 0 Å². The monoisotopic (exact) mass is 468 g/mol. The molecule has 0 spiro atoms. The summed E-state index contributed by atoms with van der Waals surface area (Å²) in [6.07, 6.45) is -1.20. The fraction of sp³-hybridized carbons (Fsp3) is 0.200. The van der Waals surface area contributed by atoms with E-state index >= 15 is 0 Å². The molecule has 0 saturated heterocycles. The van der Waals surface area contributed by atoms with E-state index in [4.69, 9.17) is 4.74 Å². The number of aromatic nitrogens is 2. The van der Waals surface area contributed by atoms with Gasteiger partial charge in [0.05, 0.1) is 0 Å². The summed E-state index contributed by atoms with van der Waals surface area (Å²) in [5.74, 6) is -0.270. The van der Waals surface area contributed by atoms with Crippen LogP contribution in [-0.4, -0.2) is 35.3 Å². The Labute approximate surface area is 194 Å². The van der Waals surface area contributed by atoms with Crippen LogP contribution in [-0.2, 0) is 6.54 Å². The Bertz CT molecular complexity index is 1240. The lowest BCUT2D eigenvalue weighted by molar-refractivity contribution is -0.154. The number of amides is 2. The molecule has 0 aliphatic rings. The van der Waals surface area contributed by atoms with Gasteiger partial charge in [0, 0.05) is 47.9 Å². The molecular weight excluding hydrogens is 445 g/mol. The minimum absolute atomic E-state index is 0.0318. The Morgan fingerprint density at radius 3 is 2.56 bits per heavy atom. The lowest BCUT2D eigenvalue weighted by Gasteiger charge is -2.19. The van der Waals surface area contributed by atoms with Crippen molar-refractivity contribution in [2.24, 2.45) is 0 Å². The molecule has 1 atom stereocenters. The van der Waals surface area contributed by atoms with Gasteiger partial charge in [-0.15, -0.1) is 0 Å². The molecule has 6 nitrogen and oxygen atoms in total. The van der Waals surface area contributed by atoms with Crippen LogP contribution in [0.5, 0.6) is 5.88 Å². The largest absolute Gasteiger partial charge is 0.468 e. The SMILES string of the molecule is O=C(NCc1cccnc1OCC(F)(F)F)NCC(c1ccccc1)c1c[nH]c2ccccc12. The van der Waals surface area contributed by atoms with Crippen molar-refractivity contribution in [3.8, 4) is 5.88 Å². The first-order valence-corrected chi connectivity index (χ1v) is 10.7. The predicted molar refractivity (Wildman–Crippen MR) is 123 cm³/mol. The molecule has 4 aromatic rings. The zero-order valence-electron chi connectivity index (χ0n) is 18.1. The van der Waals surface area contributed by atoms with E-state index in [1.165, 1.54) is 6.20 Å². The first-order chi connectivity index (χ1) is 16.4. The minimum Gasteiger partial charge on any atom is -0.468 e. The molecule has 1 unspecified atom stereocenters. The van der Waals surface area contributed by atoms with Crippen molar-refractivity contribution in [1.82, 2.24) is 20.6 Å². The summed E-state index contributed by atoms with van der Waals surface area (Å²) < 4.78 is 42.2.